The van der Waals surface area contributed by atoms with Crippen molar-refractivity contribution in [1.29, 1.82) is 0 Å². The molecule has 0 amide bonds. The van der Waals surface area contributed by atoms with Gasteiger partial charge in [0.25, 0.3) is 0 Å². The summed E-state index contributed by atoms with van der Waals surface area (Å²) in [6.07, 6.45) is -9.73. The Labute approximate surface area is 144 Å². The summed E-state index contributed by atoms with van der Waals surface area (Å²) >= 11 is -0.675. The molecule has 0 aliphatic rings. The first-order valence-corrected chi connectivity index (χ1v) is 8.78. The van der Waals surface area contributed by atoms with Gasteiger partial charge in [-0.3, -0.25) is 0 Å². The number of carboxylic acid groups (broad SMARTS) is 1. The number of rotatable bonds is 4. The standard InChI is InChI=1S/C16H10F6O2Se/c17-15(18,19)11-5-12(16(20,21)22)7-13(6-11)25-8-9-1-3-10(4-2-9)14(23)24/h1-7H,8H2,(H,23,24). The molecule has 0 fully saturated rings. The van der Waals surface area contributed by atoms with Crippen molar-refractivity contribution in [3.05, 3.63) is 64.7 Å². The summed E-state index contributed by atoms with van der Waals surface area (Å²) < 4.78 is 76.8. The van der Waals surface area contributed by atoms with Gasteiger partial charge in [0.1, 0.15) is 0 Å². The SMILES string of the molecule is O=C(O)c1ccc(C[Se]c2cc(C(F)(F)F)cc(C(F)(F)F)c2)cc1. The average Bonchev–Trinajstić information content (AvgIpc) is 2.51. The van der Waals surface area contributed by atoms with Crippen molar-refractivity contribution < 1.29 is 36.2 Å². The molecular formula is C16H10F6O2Se. The first-order chi connectivity index (χ1) is 11.5. The van der Waals surface area contributed by atoms with Crippen LogP contribution < -0.4 is 4.46 Å². The van der Waals surface area contributed by atoms with Gasteiger partial charge in [-0.25, -0.2) is 0 Å². The van der Waals surface area contributed by atoms with Gasteiger partial charge in [0.2, 0.25) is 0 Å². The molecule has 0 heterocycles. The summed E-state index contributed by atoms with van der Waals surface area (Å²) in [4.78, 5) is 10.7. The van der Waals surface area contributed by atoms with E-state index in [1.807, 2.05) is 0 Å². The number of hydrogen-bond donors (Lipinski definition) is 1. The molecule has 2 aromatic rings. The van der Waals surface area contributed by atoms with Gasteiger partial charge in [0.05, 0.1) is 0 Å². The Morgan fingerprint density at radius 2 is 1.36 bits per heavy atom. The van der Waals surface area contributed by atoms with Crippen LogP contribution in [0.5, 0.6) is 0 Å². The van der Waals surface area contributed by atoms with Crippen LogP contribution in [0.3, 0.4) is 0 Å². The van der Waals surface area contributed by atoms with E-state index in [4.69, 9.17) is 5.11 Å². The van der Waals surface area contributed by atoms with E-state index in [1.54, 1.807) is 0 Å². The number of benzene rings is 2. The molecule has 0 aliphatic heterocycles. The summed E-state index contributed by atoms with van der Waals surface area (Å²) in [7, 11) is 0. The maximum atomic E-state index is 12.8. The molecule has 0 aromatic heterocycles. The van der Waals surface area contributed by atoms with Crippen LogP contribution in [0.4, 0.5) is 26.3 Å². The molecule has 134 valence electrons. The normalized spacial score (nSPS) is 12.2. The molecule has 0 saturated carbocycles. The van der Waals surface area contributed by atoms with Crippen LogP contribution in [0, 0.1) is 0 Å². The predicted molar refractivity (Wildman–Crippen MR) is 78.9 cm³/mol. The molecule has 0 spiro atoms. The molecule has 0 aliphatic carbocycles. The van der Waals surface area contributed by atoms with Gasteiger partial charge in [-0.2, -0.15) is 0 Å². The van der Waals surface area contributed by atoms with Crippen molar-refractivity contribution in [2.45, 2.75) is 17.7 Å². The van der Waals surface area contributed by atoms with Crippen molar-refractivity contribution in [3.63, 3.8) is 0 Å². The summed E-state index contributed by atoms with van der Waals surface area (Å²) in [6.45, 7) is 0. The Hall–Kier alpha value is -1.99. The van der Waals surface area contributed by atoms with Crippen LogP contribution in [0.25, 0.3) is 0 Å². The van der Waals surface area contributed by atoms with Crippen LogP contribution in [-0.4, -0.2) is 26.0 Å². The number of carboxylic acids is 1. The molecule has 1 N–H and O–H groups in total. The Morgan fingerprint density at radius 3 is 1.76 bits per heavy atom. The Balaban J connectivity index is 2.24. The third-order valence-electron chi connectivity index (χ3n) is 3.17. The first-order valence-electron chi connectivity index (χ1n) is 6.71. The maximum absolute atomic E-state index is 12.8. The van der Waals surface area contributed by atoms with E-state index in [1.165, 1.54) is 24.3 Å². The second kappa shape index (κ2) is 7.09. The summed E-state index contributed by atoms with van der Waals surface area (Å²) in [5.41, 5.74) is -1.98. The summed E-state index contributed by atoms with van der Waals surface area (Å²) in [6, 6.07) is 7.19. The third kappa shape index (κ3) is 5.24. The van der Waals surface area contributed by atoms with E-state index in [-0.39, 0.29) is 21.4 Å². The van der Waals surface area contributed by atoms with E-state index in [9.17, 15) is 31.1 Å². The van der Waals surface area contributed by atoms with Crippen LogP contribution in [0.15, 0.2) is 42.5 Å². The quantitative estimate of drug-likeness (QED) is 0.593. The van der Waals surface area contributed by atoms with Gasteiger partial charge in [-0.05, 0) is 0 Å². The van der Waals surface area contributed by atoms with Crippen LogP contribution in [0.2, 0.25) is 0 Å². The van der Waals surface area contributed by atoms with Crippen molar-refractivity contribution in [3.8, 4) is 0 Å². The van der Waals surface area contributed by atoms with E-state index in [2.05, 4.69) is 0 Å². The molecule has 0 radical (unpaired) electrons. The van der Waals surface area contributed by atoms with Gasteiger partial charge in [-0.1, -0.05) is 0 Å². The van der Waals surface area contributed by atoms with E-state index < -0.39 is 44.4 Å². The van der Waals surface area contributed by atoms with Gasteiger partial charge in [0.15, 0.2) is 0 Å². The molecule has 9 heteroatoms. The third-order valence-corrected chi connectivity index (χ3v) is 5.36. The minimum atomic E-state index is -4.87. The van der Waals surface area contributed by atoms with Crippen molar-refractivity contribution in [1.82, 2.24) is 0 Å². The van der Waals surface area contributed by atoms with Crippen LogP contribution in [0.1, 0.15) is 27.0 Å². The van der Waals surface area contributed by atoms with Gasteiger partial charge in [0, 0.05) is 0 Å². The van der Waals surface area contributed by atoms with Gasteiger partial charge in [-0.15, -0.1) is 0 Å². The molecule has 0 unspecified atom stereocenters. The Kier molecular flexibility index (Phi) is 5.49. The fourth-order valence-corrected chi connectivity index (χ4v) is 3.91. The van der Waals surface area contributed by atoms with E-state index >= 15 is 0 Å². The van der Waals surface area contributed by atoms with Crippen LogP contribution in [-0.2, 0) is 17.7 Å². The summed E-state index contributed by atoms with van der Waals surface area (Å²) in [5.74, 6) is -1.12. The van der Waals surface area contributed by atoms with Crippen LogP contribution >= 0.6 is 0 Å². The molecule has 0 bridgehead atoms. The molecule has 25 heavy (non-hydrogen) atoms. The second-order valence-electron chi connectivity index (χ2n) is 5.03. The molecule has 2 rings (SSSR count). The summed E-state index contributed by atoms with van der Waals surface area (Å²) in [5, 5.41) is 9.03. The fraction of sp³-hybridized carbons (Fsp3) is 0.188. The van der Waals surface area contributed by atoms with Gasteiger partial charge < -0.3 is 0 Å². The topological polar surface area (TPSA) is 37.3 Å². The molecule has 0 atom stereocenters. The molecular weight excluding hydrogens is 417 g/mol. The number of carbonyl (C=O) groups is 1. The predicted octanol–water partition coefficient (Wildman–Crippen LogP) is 3.95. The first kappa shape index (κ1) is 19.3. The number of hydrogen-bond acceptors (Lipinski definition) is 1. The monoisotopic (exact) mass is 428 g/mol. The van der Waals surface area contributed by atoms with Crippen molar-refractivity contribution >= 4 is 25.4 Å². The molecule has 2 nitrogen and oxygen atoms in total. The zero-order valence-corrected chi connectivity index (χ0v) is 14.0. The van der Waals surface area contributed by atoms with Gasteiger partial charge >= 0.3 is 144 Å². The number of aromatic carboxylic acids is 1. The van der Waals surface area contributed by atoms with Crippen molar-refractivity contribution in [2.75, 3.05) is 0 Å². The number of alkyl halides is 6. The van der Waals surface area contributed by atoms with Crippen molar-refractivity contribution in [2.24, 2.45) is 0 Å². The average molecular weight is 427 g/mol. The number of halogens is 6. The fourth-order valence-electron chi connectivity index (χ4n) is 1.92. The zero-order chi connectivity index (χ0) is 18.8. The Morgan fingerprint density at radius 1 is 0.880 bits per heavy atom. The second-order valence-corrected chi connectivity index (χ2v) is 7.23. The Bertz CT molecular complexity index is 733. The molecule has 2 aromatic carbocycles. The minimum absolute atomic E-state index is 0.0306. The van der Waals surface area contributed by atoms with E-state index in [0.717, 1.165) is 12.1 Å². The van der Waals surface area contributed by atoms with E-state index in [0.29, 0.717) is 5.56 Å². The molecule has 0 saturated heterocycles. The zero-order valence-electron chi connectivity index (χ0n) is 12.3.